The Labute approximate surface area is 162 Å². The van der Waals surface area contributed by atoms with Crippen molar-refractivity contribution < 1.29 is 18.0 Å². The number of anilines is 1. The number of halogens is 3. The molecule has 1 amide bonds. The Hall–Kier alpha value is -3.50. The van der Waals surface area contributed by atoms with Gasteiger partial charge in [0.05, 0.1) is 11.0 Å². The molecular formula is C18H16F3N7O. The van der Waals surface area contributed by atoms with Crippen LogP contribution in [0.15, 0.2) is 24.3 Å². The van der Waals surface area contributed by atoms with Crippen molar-refractivity contribution in [2.24, 2.45) is 0 Å². The van der Waals surface area contributed by atoms with E-state index in [1.54, 1.807) is 13.8 Å². The fraction of sp³-hybridized carbons (Fsp3) is 0.278. The van der Waals surface area contributed by atoms with Gasteiger partial charge in [-0.25, -0.2) is 14.5 Å². The highest BCUT2D eigenvalue weighted by Crippen LogP contribution is 2.27. The van der Waals surface area contributed by atoms with Crippen LogP contribution in [0.2, 0.25) is 0 Å². The van der Waals surface area contributed by atoms with E-state index in [-0.39, 0.29) is 24.5 Å². The molecule has 0 atom stereocenters. The van der Waals surface area contributed by atoms with E-state index in [1.165, 1.54) is 0 Å². The lowest BCUT2D eigenvalue weighted by molar-refractivity contribution is -0.144. The van der Waals surface area contributed by atoms with Crippen LogP contribution >= 0.6 is 0 Å². The zero-order valence-electron chi connectivity index (χ0n) is 15.5. The van der Waals surface area contributed by atoms with Crippen LogP contribution in [0.4, 0.5) is 19.1 Å². The summed E-state index contributed by atoms with van der Waals surface area (Å²) in [5.74, 6) is -1.31. The smallest absolute Gasteiger partial charge is 0.324 e. The molecule has 0 bridgehead atoms. The minimum absolute atomic E-state index is 0.104. The van der Waals surface area contributed by atoms with E-state index in [4.69, 9.17) is 0 Å². The van der Waals surface area contributed by atoms with Gasteiger partial charge in [0.2, 0.25) is 11.9 Å². The number of H-pyrrole nitrogens is 1. The number of benzene rings is 1. The Morgan fingerprint density at radius 1 is 1.17 bits per heavy atom. The number of hydrogen-bond donors (Lipinski definition) is 2. The largest absolute Gasteiger partial charge is 0.453 e. The van der Waals surface area contributed by atoms with Gasteiger partial charge in [0.25, 0.3) is 11.6 Å². The molecule has 8 nitrogen and oxygen atoms in total. The number of para-hydroxylation sites is 2. The summed E-state index contributed by atoms with van der Waals surface area (Å²) in [6.45, 7) is 3.30. The monoisotopic (exact) mass is 403 g/mol. The van der Waals surface area contributed by atoms with E-state index in [1.807, 2.05) is 24.3 Å². The zero-order chi connectivity index (χ0) is 20.8. The van der Waals surface area contributed by atoms with Crippen molar-refractivity contribution >= 4 is 28.7 Å². The van der Waals surface area contributed by atoms with E-state index in [2.05, 4.69) is 30.4 Å². The predicted molar refractivity (Wildman–Crippen MR) is 98.3 cm³/mol. The summed E-state index contributed by atoms with van der Waals surface area (Å²) in [4.78, 5) is 27.1. The first-order valence-electron chi connectivity index (χ1n) is 8.77. The molecule has 2 N–H and O–H groups in total. The molecule has 3 aromatic heterocycles. The highest BCUT2D eigenvalue weighted by atomic mass is 19.4. The second kappa shape index (κ2) is 6.83. The quantitative estimate of drug-likeness (QED) is 0.545. The lowest BCUT2D eigenvalue weighted by atomic mass is 10.1. The van der Waals surface area contributed by atoms with Gasteiger partial charge in [0.1, 0.15) is 0 Å². The highest BCUT2D eigenvalue weighted by molar-refractivity contribution is 5.91. The molecule has 0 aliphatic heterocycles. The summed E-state index contributed by atoms with van der Waals surface area (Å²) in [5, 5.41) is 6.20. The average Bonchev–Trinajstić information content (AvgIpc) is 3.24. The van der Waals surface area contributed by atoms with Gasteiger partial charge >= 0.3 is 6.18 Å². The van der Waals surface area contributed by atoms with Crippen LogP contribution in [0.25, 0.3) is 16.8 Å². The maximum absolute atomic E-state index is 12.9. The normalized spacial score (nSPS) is 12.0. The Morgan fingerprint density at radius 2 is 1.93 bits per heavy atom. The number of rotatable bonds is 4. The average molecular weight is 403 g/mol. The van der Waals surface area contributed by atoms with Crippen LogP contribution in [0.1, 0.15) is 29.2 Å². The molecule has 0 unspecified atom stereocenters. The predicted octanol–water partition coefficient (Wildman–Crippen LogP) is 3.21. The lowest BCUT2D eigenvalue weighted by Crippen LogP contribution is -2.15. The minimum Gasteiger partial charge on any atom is -0.324 e. The fourth-order valence-corrected chi connectivity index (χ4v) is 3.14. The molecule has 3 heterocycles. The van der Waals surface area contributed by atoms with Gasteiger partial charge in [-0.1, -0.05) is 12.1 Å². The van der Waals surface area contributed by atoms with Gasteiger partial charge in [0.15, 0.2) is 0 Å². The number of nitrogens with zero attached hydrogens (tertiary/aromatic N) is 5. The van der Waals surface area contributed by atoms with Crippen molar-refractivity contribution in [3.05, 3.63) is 47.0 Å². The molecule has 0 saturated carbocycles. The van der Waals surface area contributed by atoms with Gasteiger partial charge in [-0.3, -0.25) is 10.1 Å². The third kappa shape index (κ3) is 3.62. The number of hydrogen-bond acceptors (Lipinski definition) is 5. The topological polar surface area (TPSA) is 101 Å². The molecule has 0 saturated heterocycles. The summed E-state index contributed by atoms with van der Waals surface area (Å²) in [6.07, 6.45) is -4.26. The van der Waals surface area contributed by atoms with Crippen molar-refractivity contribution in [1.82, 2.24) is 29.5 Å². The van der Waals surface area contributed by atoms with Crippen molar-refractivity contribution in [2.75, 3.05) is 5.32 Å². The van der Waals surface area contributed by atoms with Crippen LogP contribution in [0.3, 0.4) is 0 Å². The Balaban J connectivity index is 1.52. The van der Waals surface area contributed by atoms with Crippen LogP contribution in [-0.2, 0) is 17.4 Å². The number of carbonyl (C=O) groups is 1. The van der Waals surface area contributed by atoms with Crippen molar-refractivity contribution in [1.29, 1.82) is 0 Å². The van der Waals surface area contributed by atoms with E-state index in [0.29, 0.717) is 22.9 Å². The Kier molecular flexibility index (Phi) is 4.44. The van der Waals surface area contributed by atoms with Crippen LogP contribution < -0.4 is 5.32 Å². The Morgan fingerprint density at radius 3 is 2.66 bits per heavy atom. The lowest BCUT2D eigenvalue weighted by Gasteiger charge is -2.10. The number of carbonyl (C=O) groups excluding carboxylic acids is 1. The molecular weight excluding hydrogens is 387 g/mol. The number of aromatic amines is 1. The first kappa shape index (κ1) is 18.8. The number of aromatic nitrogens is 6. The summed E-state index contributed by atoms with van der Waals surface area (Å²) in [6, 6.07) is 7.37. The molecule has 4 aromatic rings. The van der Waals surface area contributed by atoms with E-state index < -0.39 is 12.0 Å². The number of amides is 1. The maximum atomic E-state index is 12.9. The summed E-state index contributed by atoms with van der Waals surface area (Å²) in [7, 11) is 0. The molecule has 0 aliphatic rings. The van der Waals surface area contributed by atoms with Gasteiger partial charge < -0.3 is 4.98 Å². The maximum Gasteiger partial charge on any atom is 0.453 e. The highest BCUT2D eigenvalue weighted by Gasteiger charge is 2.36. The fourth-order valence-electron chi connectivity index (χ4n) is 3.14. The van der Waals surface area contributed by atoms with E-state index in [0.717, 1.165) is 15.5 Å². The van der Waals surface area contributed by atoms with Gasteiger partial charge in [0, 0.05) is 17.8 Å². The van der Waals surface area contributed by atoms with Crippen LogP contribution in [-0.4, -0.2) is 35.5 Å². The first-order chi connectivity index (χ1) is 13.7. The molecule has 0 radical (unpaired) electrons. The number of alkyl halides is 3. The summed E-state index contributed by atoms with van der Waals surface area (Å²) < 4.78 is 39.7. The van der Waals surface area contributed by atoms with E-state index >= 15 is 0 Å². The SMILES string of the molecule is Cc1nc2nc(C(F)(F)F)nn2c(C)c1CCC(=O)Nc1nc2ccccc2[nH]1. The van der Waals surface area contributed by atoms with Crippen molar-refractivity contribution in [2.45, 2.75) is 32.9 Å². The molecule has 0 spiro atoms. The summed E-state index contributed by atoms with van der Waals surface area (Å²) >= 11 is 0. The zero-order valence-corrected chi connectivity index (χ0v) is 15.5. The van der Waals surface area contributed by atoms with E-state index in [9.17, 15) is 18.0 Å². The molecule has 0 fully saturated rings. The van der Waals surface area contributed by atoms with Crippen LogP contribution in [0, 0.1) is 13.8 Å². The number of aryl methyl sites for hydroxylation is 2. The molecule has 0 aliphatic carbocycles. The van der Waals surface area contributed by atoms with Gasteiger partial charge in [-0.15, -0.1) is 5.10 Å². The van der Waals surface area contributed by atoms with Gasteiger partial charge in [-0.2, -0.15) is 18.2 Å². The molecule has 11 heteroatoms. The second-order valence-electron chi connectivity index (χ2n) is 6.56. The second-order valence-corrected chi connectivity index (χ2v) is 6.56. The van der Waals surface area contributed by atoms with Crippen molar-refractivity contribution in [3.8, 4) is 0 Å². The third-order valence-corrected chi connectivity index (χ3v) is 4.55. The minimum atomic E-state index is -4.65. The molecule has 150 valence electrons. The standard InChI is InChI=1S/C18H16F3N7O/c1-9-11(10(2)28-17(22-9)26-15(27-28)18(19,20)21)7-8-14(29)25-16-23-12-5-3-4-6-13(12)24-16/h3-6H,7-8H2,1-2H3,(H2,23,24,25,29). The molecule has 1 aromatic carbocycles. The third-order valence-electron chi connectivity index (χ3n) is 4.55. The summed E-state index contributed by atoms with van der Waals surface area (Å²) in [5.41, 5.74) is 3.15. The number of imidazole rings is 1. The Bertz CT molecular complexity index is 1190. The molecule has 29 heavy (non-hydrogen) atoms. The van der Waals surface area contributed by atoms with Crippen LogP contribution in [0.5, 0.6) is 0 Å². The first-order valence-corrected chi connectivity index (χ1v) is 8.77. The van der Waals surface area contributed by atoms with Gasteiger partial charge in [-0.05, 0) is 38.0 Å². The molecule has 4 rings (SSSR count). The number of nitrogens with one attached hydrogen (secondary N) is 2. The van der Waals surface area contributed by atoms with Crippen molar-refractivity contribution in [3.63, 3.8) is 0 Å². The number of fused-ring (bicyclic) bond motifs is 2.